The second-order valence-corrected chi connectivity index (χ2v) is 12.3. The van der Waals surface area contributed by atoms with Gasteiger partial charge < -0.3 is 14.6 Å². The van der Waals surface area contributed by atoms with Crippen LogP contribution in [0.2, 0.25) is 0 Å². The number of aliphatic hydroxyl groups is 1. The number of hydrogen-bond donors (Lipinski definition) is 1. The van der Waals surface area contributed by atoms with Crippen molar-refractivity contribution in [1.29, 1.82) is 0 Å². The summed E-state index contributed by atoms with van der Waals surface area (Å²) >= 11 is 2.56. The van der Waals surface area contributed by atoms with E-state index in [-0.39, 0.29) is 22.3 Å². The SMILES string of the molecule is CCCCOc1ccc(C(O)=C2C(=O)C(=O)N(c3nnc(SCc4ccc(F)cc4)s3)[C@H]2c2ccc(OCCC)cc2)cc1. The fourth-order valence-corrected chi connectivity index (χ4v) is 6.42. The average Bonchev–Trinajstić information content (AvgIpc) is 3.61. The number of unbranched alkanes of at least 4 members (excludes halogenated alkanes) is 1. The van der Waals surface area contributed by atoms with E-state index in [4.69, 9.17) is 9.47 Å². The zero-order valence-electron chi connectivity index (χ0n) is 24.4. The van der Waals surface area contributed by atoms with E-state index in [0.717, 1.165) is 24.8 Å². The number of amides is 1. The molecule has 1 aliphatic rings. The van der Waals surface area contributed by atoms with E-state index in [9.17, 15) is 19.1 Å². The Labute approximate surface area is 263 Å². The molecule has 228 valence electrons. The molecular formula is C33H32FN3O5S2. The first kappa shape index (κ1) is 31.2. The second-order valence-electron chi connectivity index (χ2n) is 10.1. The summed E-state index contributed by atoms with van der Waals surface area (Å²) in [5, 5.41) is 20.2. The molecule has 0 bridgehead atoms. The Bertz CT molecular complexity index is 1620. The van der Waals surface area contributed by atoms with Gasteiger partial charge in [-0.3, -0.25) is 14.5 Å². The van der Waals surface area contributed by atoms with Gasteiger partial charge >= 0.3 is 5.91 Å². The first-order valence-corrected chi connectivity index (χ1v) is 16.2. The van der Waals surface area contributed by atoms with Crippen molar-refractivity contribution in [3.05, 3.63) is 101 Å². The molecule has 1 N–H and O–H groups in total. The Morgan fingerprint density at radius 2 is 1.57 bits per heavy atom. The number of benzene rings is 3. The van der Waals surface area contributed by atoms with Crippen molar-refractivity contribution in [3.63, 3.8) is 0 Å². The predicted molar refractivity (Wildman–Crippen MR) is 170 cm³/mol. The maximum absolute atomic E-state index is 13.5. The molecule has 1 aliphatic heterocycles. The highest BCUT2D eigenvalue weighted by molar-refractivity contribution is 8.00. The van der Waals surface area contributed by atoms with Crippen molar-refractivity contribution in [1.82, 2.24) is 10.2 Å². The van der Waals surface area contributed by atoms with Crippen LogP contribution in [0.25, 0.3) is 5.76 Å². The molecule has 1 fully saturated rings. The predicted octanol–water partition coefficient (Wildman–Crippen LogP) is 7.56. The van der Waals surface area contributed by atoms with Crippen LogP contribution in [0.15, 0.2) is 82.7 Å². The van der Waals surface area contributed by atoms with E-state index in [1.165, 1.54) is 40.1 Å². The van der Waals surface area contributed by atoms with E-state index < -0.39 is 17.7 Å². The molecular weight excluding hydrogens is 602 g/mol. The van der Waals surface area contributed by atoms with Crippen molar-refractivity contribution in [3.8, 4) is 11.5 Å². The topological polar surface area (TPSA) is 102 Å². The van der Waals surface area contributed by atoms with Gasteiger partial charge in [0.05, 0.1) is 24.8 Å². The zero-order valence-corrected chi connectivity index (χ0v) is 26.0. The first-order chi connectivity index (χ1) is 21.4. The highest BCUT2D eigenvalue weighted by Crippen LogP contribution is 2.44. The van der Waals surface area contributed by atoms with Crippen LogP contribution in [0.3, 0.4) is 0 Å². The van der Waals surface area contributed by atoms with Gasteiger partial charge in [-0.2, -0.15) is 0 Å². The fraction of sp³-hybridized carbons (Fsp3) is 0.273. The smallest absolute Gasteiger partial charge is 0.301 e. The van der Waals surface area contributed by atoms with Gasteiger partial charge in [-0.1, -0.05) is 67.6 Å². The molecule has 1 amide bonds. The van der Waals surface area contributed by atoms with Crippen LogP contribution in [-0.4, -0.2) is 40.2 Å². The van der Waals surface area contributed by atoms with E-state index >= 15 is 0 Å². The molecule has 0 saturated carbocycles. The lowest BCUT2D eigenvalue weighted by Gasteiger charge is -2.22. The molecule has 1 saturated heterocycles. The molecule has 11 heteroatoms. The normalized spacial score (nSPS) is 16.0. The van der Waals surface area contributed by atoms with Crippen molar-refractivity contribution < 1.29 is 28.6 Å². The number of nitrogens with zero attached hydrogens (tertiary/aromatic N) is 3. The molecule has 0 spiro atoms. The van der Waals surface area contributed by atoms with Gasteiger partial charge in [0.1, 0.15) is 23.1 Å². The fourth-order valence-electron chi connectivity index (χ4n) is 4.59. The summed E-state index contributed by atoms with van der Waals surface area (Å²) in [5.74, 6) is -0.414. The Balaban J connectivity index is 1.48. The molecule has 44 heavy (non-hydrogen) atoms. The number of carbonyl (C=O) groups excluding carboxylic acids is 2. The number of aromatic nitrogens is 2. The lowest BCUT2D eigenvalue weighted by atomic mass is 9.95. The van der Waals surface area contributed by atoms with Gasteiger partial charge in [0, 0.05) is 11.3 Å². The molecule has 5 rings (SSSR count). The third kappa shape index (κ3) is 7.11. The first-order valence-electron chi connectivity index (χ1n) is 14.4. The summed E-state index contributed by atoms with van der Waals surface area (Å²) < 4.78 is 25.3. The van der Waals surface area contributed by atoms with Crippen molar-refractivity contribution in [2.24, 2.45) is 0 Å². The number of carbonyl (C=O) groups is 2. The van der Waals surface area contributed by atoms with Crippen LogP contribution in [0.1, 0.15) is 55.8 Å². The number of thioether (sulfide) groups is 1. The van der Waals surface area contributed by atoms with Gasteiger partial charge in [-0.05, 0) is 72.5 Å². The summed E-state index contributed by atoms with van der Waals surface area (Å²) in [5.41, 5.74) is 1.84. The lowest BCUT2D eigenvalue weighted by Crippen LogP contribution is -2.29. The van der Waals surface area contributed by atoms with E-state index in [1.54, 1.807) is 60.7 Å². The summed E-state index contributed by atoms with van der Waals surface area (Å²) in [4.78, 5) is 28.4. The molecule has 1 aromatic heterocycles. The van der Waals surface area contributed by atoms with Crippen LogP contribution in [0.5, 0.6) is 11.5 Å². The molecule has 0 unspecified atom stereocenters. The third-order valence-electron chi connectivity index (χ3n) is 6.88. The number of ether oxygens (including phenoxy) is 2. The van der Waals surface area contributed by atoms with Crippen molar-refractivity contribution in [2.45, 2.75) is 49.2 Å². The summed E-state index contributed by atoms with van der Waals surface area (Å²) in [6, 6.07) is 19.1. The van der Waals surface area contributed by atoms with Gasteiger partial charge in [0.15, 0.2) is 4.34 Å². The quantitative estimate of drug-likeness (QED) is 0.0402. The number of Topliss-reactive ketones (excluding diaryl/α,β-unsaturated/α-hetero) is 1. The number of aliphatic hydroxyl groups excluding tert-OH is 1. The van der Waals surface area contributed by atoms with E-state index in [2.05, 4.69) is 17.1 Å². The monoisotopic (exact) mass is 633 g/mol. The maximum atomic E-state index is 13.5. The maximum Gasteiger partial charge on any atom is 0.301 e. The molecule has 2 heterocycles. The van der Waals surface area contributed by atoms with Gasteiger partial charge in [-0.25, -0.2) is 4.39 Å². The minimum absolute atomic E-state index is 0.0485. The number of anilines is 1. The molecule has 0 aliphatic carbocycles. The number of hydrogen-bond acceptors (Lipinski definition) is 9. The summed E-state index contributed by atoms with van der Waals surface area (Å²) in [6.45, 7) is 5.23. The Hall–Kier alpha value is -4.22. The van der Waals surface area contributed by atoms with Gasteiger partial charge in [0.2, 0.25) is 5.13 Å². The zero-order chi connectivity index (χ0) is 31.1. The summed E-state index contributed by atoms with van der Waals surface area (Å²) in [7, 11) is 0. The van der Waals surface area contributed by atoms with Crippen LogP contribution in [0.4, 0.5) is 9.52 Å². The average molecular weight is 634 g/mol. The minimum Gasteiger partial charge on any atom is -0.507 e. The van der Waals surface area contributed by atoms with Gasteiger partial charge in [-0.15, -0.1) is 10.2 Å². The molecule has 1 atom stereocenters. The summed E-state index contributed by atoms with van der Waals surface area (Å²) in [6.07, 6.45) is 2.78. The van der Waals surface area contributed by atoms with Gasteiger partial charge in [0.25, 0.3) is 5.78 Å². The number of halogens is 1. The standard InChI is InChI=1S/C33H32FN3O5S2/c1-3-5-19-42-26-16-10-23(11-17-26)29(38)27-28(22-8-14-25(15-9-22)41-18-4-2)37(31(40)30(27)39)32-35-36-33(44-32)43-20-21-6-12-24(34)13-7-21/h6-17,28,38H,3-5,18-20H2,1-2H3/t28-/m0/s1. The van der Waals surface area contributed by atoms with E-state index in [0.29, 0.717) is 45.9 Å². The largest absolute Gasteiger partial charge is 0.507 e. The Morgan fingerprint density at radius 1 is 0.909 bits per heavy atom. The van der Waals surface area contributed by atoms with E-state index in [1.807, 2.05) is 6.92 Å². The molecule has 3 aromatic carbocycles. The second kappa shape index (κ2) is 14.5. The van der Waals surface area contributed by atoms with Crippen molar-refractivity contribution in [2.75, 3.05) is 18.1 Å². The third-order valence-corrected chi connectivity index (χ3v) is 9.01. The number of ketones is 1. The molecule has 4 aromatic rings. The number of rotatable bonds is 13. The van der Waals surface area contributed by atoms with Crippen LogP contribution >= 0.6 is 23.1 Å². The highest BCUT2D eigenvalue weighted by atomic mass is 32.2. The Kier molecular flexibility index (Phi) is 10.3. The van der Waals surface area contributed by atoms with Crippen molar-refractivity contribution >= 4 is 45.7 Å². The minimum atomic E-state index is -0.946. The Morgan fingerprint density at radius 3 is 2.23 bits per heavy atom. The van der Waals surface area contributed by atoms with Crippen LogP contribution < -0.4 is 14.4 Å². The molecule has 0 radical (unpaired) electrons. The highest BCUT2D eigenvalue weighted by Gasteiger charge is 2.48. The van der Waals surface area contributed by atoms with Crippen LogP contribution in [0, 0.1) is 5.82 Å². The van der Waals surface area contributed by atoms with Crippen LogP contribution in [-0.2, 0) is 15.3 Å². The lowest BCUT2D eigenvalue weighted by molar-refractivity contribution is -0.132. The molecule has 8 nitrogen and oxygen atoms in total.